The van der Waals surface area contributed by atoms with E-state index < -0.39 is 5.97 Å². The monoisotopic (exact) mass is 250 g/mol. The Morgan fingerprint density at radius 2 is 1.79 bits per heavy atom. The maximum absolute atomic E-state index is 10.7. The van der Waals surface area contributed by atoms with Gasteiger partial charge in [-0.05, 0) is 35.0 Å². The van der Waals surface area contributed by atoms with Crippen molar-refractivity contribution in [2.45, 2.75) is 0 Å². The highest BCUT2D eigenvalue weighted by atomic mass is 79.9. The van der Waals surface area contributed by atoms with Crippen molar-refractivity contribution in [2.24, 2.45) is 0 Å². The minimum absolute atomic E-state index is 0.315. The lowest BCUT2D eigenvalue weighted by molar-refractivity contribution is 0.0697. The number of aromatic carboxylic acids is 1. The molecule has 0 aliphatic carbocycles. The van der Waals surface area contributed by atoms with Gasteiger partial charge in [0.2, 0.25) is 0 Å². The first-order valence-electron chi connectivity index (χ1n) is 4.09. The Morgan fingerprint density at radius 1 is 1.07 bits per heavy atom. The van der Waals surface area contributed by atoms with E-state index in [4.69, 9.17) is 5.11 Å². The van der Waals surface area contributed by atoms with E-state index in [1.807, 2.05) is 24.3 Å². The molecule has 0 atom stereocenters. The van der Waals surface area contributed by atoms with Gasteiger partial charge in [0, 0.05) is 4.47 Å². The van der Waals surface area contributed by atoms with E-state index in [1.54, 1.807) is 12.1 Å². The van der Waals surface area contributed by atoms with Gasteiger partial charge in [-0.15, -0.1) is 0 Å². The largest absolute Gasteiger partial charge is 0.478 e. The summed E-state index contributed by atoms with van der Waals surface area (Å²) in [5.41, 5.74) is 0.315. The van der Waals surface area contributed by atoms with Crippen LogP contribution in [-0.2, 0) is 0 Å². The van der Waals surface area contributed by atoms with Gasteiger partial charge in [-0.25, -0.2) is 4.79 Å². The average Bonchev–Trinajstić information content (AvgIpc) is 2.16. The maximum Gasteiger partial charge on any atom is 0.335 e. The third kappa shape index (κ3) is 1.63. The van der Waals surface area contributed by atoms with Crippen molar-refractivity contribution in [2.75, 3.05) is 0 Å². The number of rotatable bonds is 1. The number of carboxylic acids is 1. The van der Waals surface area contributed by atoms with Gasteiger partial charge in [0.05, 0.1) is 5.56 Å². The van der Waals surface area contributed by atoms with Crippen LogP contribution in [0.5, 0.6) is 0 Å². The molecule has 0 bridgehead atoms. The molecule has 2 aromatic carbocycles. The molecule has 0 saturated carbocycles. The summed E-state index contributed by atoms with van der Waals surface area (Å²) in [7, 11) is 0. The van der Waals surface area contributed by atoms with Crippen LogP contribution in [0.4, 0.5) is 0 Å². The Morgan fingerprint density at radius 3 is 2.50 bits per heavy atom. The van der Waals surface area contributed by atoms with Crippen LogP contribution in [0.25, 0.3) is 10.8 Å². The van der Waals surface area contributed by atoms with E-state index in [0.717, 1.165) is 15.2 Å². The predicted octanol–water partition coefficient (Wildman–Crippen LogP) is 3.30. The molecule has 2 rings (SSSR count). The van der Waals surface area contributed by atoms with E-state index >= 15 is 0 Å². The van der Waals surface area contributed by atoms with Crippen molar-refractivity contribution < 1.29 is 9.90 Å². The molecule has 2 aromatic rings. The van der Waals surface area contributed by atoms with Crippen molar-refractivity contribution in [1.82, 2.24) is 0 Å². The van der Waals surface area contributed by atoms with Gasteiger partial charge < -0.3 is 5.11 Å². The Bertz CT molecular complexity index is 506. The van der Waals surface area contributed by atoms with Gasteiger partial charge in [-0.3, -0.25) is 0 Å². The zero-order valence-corrected chi connectivity index (χ0v) is 8.78. The number of halogens is 1. The second kappa shape index (κ2) is 3.42. The number of fused-ring (bicyclic) bond motifs is 1. The van der Waals surface area contributed by atoms with Crippen molar-refractivity contribution >= 4 is 32.7 Å². The lowest BCUT2D eigenvalue weighted by atomic mass is 10.1. The molecule has 2 nitrogen and oxygen atoms in total. The normalized spacial score (nSPS) is 10.4. The lowest BCUT2D eigenvalue weighted by Crippen LogP contribution is -1.94. The fraction of sp³-hybridized carbons (Fsp3) is 0. The van der Waals surface area contributed by atoms with Crippen LogP contribution in [0.2, 0.25) is 0 Å². The van der Waals surface area contributed by atoms with Crippen LogP contribution in [0.1, 0.15) is 10.4 Å². The van der Waals surface area contributed by atoms with Crippen LogP contribution < -0.4 is 0 Å². The first kappa shape index (κ1) is 9.21. The van der Waals surface area contributed by atoms with Gasteiger partial charge in [-0.1, -0.05) is 28.1 Å². The summed E-state index contributed by atoms with van der Waals surface area (Å²) in [5.74, 6) is -0.896. The van der Waals surface area contributed by atoms with Crippen molar-refractivity contribution in [3.63, 3.8) is 0 Å². The fourth-order valence-electron chi connectivity index (χ4n) is 1.35. The fourth-order valence-corrected chi connectivity index (χ4v) is 1.73. The van der Waals surface area contributed by atoms with Gasteiger partial charge in [0.1, 0.15) is 0 Å². The standard InChI is InChI=1S/C11H7BrO2/c12-10-4-3-7-1-2-8(11(13)14)5-9(7)6-10/h1-6H,(H,13,14). The summed E-state index contributed by atoms with van der Waals surface area (Å²) in [6.45, 7) is 0. The molecular formula is C11H7BrO2. The number of hydrogen-bond acceptors (Lipinski definition) is 1. The molecule has 70 valence electrons. The molecule has 0 fully saturated rings. The highest BCUT2D eigenvalue weighted by Crippen LogP contribution is 2.20. The molecule has 1 N–H and O–H groups in total. The summed E-state index contributed by atoms with van der Waals surface area (Å²) in [6.07, 6.45) is 0. The molecule has 3 heteroatoms. The molecule has 0 radical (unpaired) electrons. The molecule has 0 aliphatic rings. The Hall–Kier alpha value is -1.35. The summed E-state index contributed by atoms with van der Waals surface area (Å²) in [5, 5.41) is 10.8. The van der Waals surface area contributed by atoms with Crippen molar-refractivity contribution in [1.29, 1.82) is 0 Å². The first-order valence-corrected chi connectivity index (χ1v) is 4.89. The first-order chi connectivity index (χ1) is 6.66. The summed E-state index contributed by atoms with van der Waals surface area (Å²) < 4.78 is 0.951. The minimum Gasteiger partial charge on any atom is -0.478 e. The zero-order chi connectivity index (χ0) is 10.1. The van der Waals surface area contributed by atoms with Crippen molar-refractivity contribution in [3.8, 4) is 0 Å². The van der Waals surface area contributed by atoms with Gasteiger partial charge in [0.25, 0.3) is 0 Å². The van der Waals surface area contributed by atoms with E-state index in [9.17, 15) is 4.79 Å². The van der Waals surface area contributed by atoms with Gasteiger partial charge >= 0.3 is 5.97 Å². The highest BCUT2D eigenvalue weighted by Gasteiger charge is 2.03. The lowest BCUT2D eigenvalue weighted by Gasteiger charge is -2.00. The molecule has 0 aromatic heterocycles. The average molecular weight is 251 g/mol. The molecule has 0 amide bonds. The van der Waals surface area contributed by atoms with Gasteiger partial charge in [-0.2, -0.15) is 0 Å². The minimum atomic E-state index is -0.896. The maximum atomic E-state index is 10.7. The summed E-state index contributed by atoms with van der Waals surface area (Å²) >= 11 is 3.35. The molecule has 0 saturated heterocycles. The molecule has 0 spiro atoms. The van der Waals surface area contributed by atoms with Crippen LogP contribution in [-0.4, -0.2) is 11.1 Å². The van der Waals surface area contributed by atoms with Gasteiger partial charge in [0.15, 0.2) is 0 Å². The smallest absolute Gasteiger partial charge is 0.335 e. The predicted molar refractivity (Wildman–Crippen MR) is 58.6 cm³/mol. The van der Waals surface area contributed by atoms with Crippen molar-refractivity contribution in [3.05, 3.63) is 46.4 Å². The van der Waals surface area contributed by atoms with E-state index in [0.29, 0.717) is 5.56 Å². The Kier molecular flexibility index (Phi) is 2.25. The number of carbonyl (C=O) groups is 1. The SMILES string of the molecule is O=C(O)c1ccc2ccc(Br)cc2c1. The number of benzene rings is 2. The molecule has 14 heavy (non-hydrogen) atoms. The molecular weight excluding hydrogens is 244 g/mol. The van der Waals surface area contributed by atoms with Crippen LogP contribution >= 0.6 is 15.9 Å². The zero-order valence-electron chi connectivity index (χ0n) is 7.20. The van der Waals surface area contributed by atoms with Crippen LogP contribution in [0.15, 0.2) is 40.9 Å². The van der Waals surface area contributed by atoms with E-state index in [1.165, 1.54) is 0 Å². The van der Waals surface area contributed by atoms with Crippen LogP contribution in [0.3, 0.4) is 0 Å². The Labute approximate surface area is 89.3 Å². The summed E-state index contributed by atoms with van der Waals surface area (Å²) in [6, 6.07) is 10.9. The third-order valence-electron chi connectivity index (χ3n) is 2.05. The number of carboxylic acid groups (broad SMARTS) is 1. The van der Waals surface area contributed by atoms with E-state index in [2.05, 4.69) is 15.9 Å². The topological polar surface area (TPSA) is 37.3 Å². The summed E-state index contributed by atoms with van der Waals surface area (Å²) in [4.78, 5) is 10.7. The molecule has 0 unspecified atom stereocenters. The van der Waals surface area contributed by atoms with Crippen LogP contribution in [0, 0.1) is 0 Å². The second-order valence-electron chi connectivity index (χ2n) is 3.01. The Balaban J connectivity index is 2.69. The number of hydrogen-bond donors (Lipinski definition) is 1. The molecule has 0 aliphatic heterocycles. The second-order valence-corrected chi connectivity index (χ2v) is 3.93. The molecule has 0 heterocycles. The third-order valence-corrected chi connectivity index (χ3v) is 2.54. The quantitative estimate of drug-likeness (QED) is 0.844. The highest BCUT2D eigenvalue weighted by molar-refractivity contribution is 9.10. The van der Waals surface area contributed by atoms with E-state index in [-0.39, 0.29) is 0 Å².